The lowest BCUT2D eigenvalue weighted by Crippen LogP contribution is -2.40. The number of hydrogen-bond donors (Lipinski definition) is 0. The SMILES string of the molecule is CC(=O)OCC(=O)c1ccc(Cn2c(=O)n(CCc3cccc(C(F)(F)F)c3)c(=O)c3ccccc32)cc1. The Hall–Kier alpha value is -4.47. The molecule has 7 nitrogen and oxygen atoms in total. The van der Waals surface area contributed by atoms with Crippen molar-refractivity contribution in [1.29, 1.82) is 0 Å². The largest absolute Gasteiger partial charge is 0.457 e. The van der Waals surface area contributed by atoms with Gasteiger partial charge in [-0.1, -0.05) is 54.6 Å². The second kappa shape index (κ2) is 10.9. The summed E-state index contributed by atoms with van der Waals surface area (Å²) in [4.78, 5) is 49.6. The number of alkyl halides is 3. The summed E-state index contributed by atoms with van der Waals surface area (Å²) < 4.78 is 46.4. The van der Waals surface area contributed by atoms with Crippen LogP contribution in [0.3, 0.4) is 0 Å². The smallest absolute Gasteiger partial charge is 0.416 e. The van der Waals surface area contributed by atoms with Gasteiger partial charge in [0.05, 0.1) is 23.0 Å². The van der Waals surface area contributed by atoms with E-state index in [1.165, 1.54) is 23.6 Å². The van der Waals surface area contributed by atoms with Crippen LogP contribution in [-0.4, -0.2) is 27.5 Å². The highest BCUT2D eigenvalue weighted by Gasteiger charge is 2.30. The van der Waals surface area contributed by atoms with Crippen LogP contribution < -0.4 is 11.2 Å². The van der Waals surface area contributed by atoms with Crippen LogP contribution in [0.5, 0.6) is 0 Å². The van der Waals surface area contributed by atoms with E-state index in [0.29, 0.717) is 27.6 Å². The van der Waals surface area contributed by atoms with Crippen LogP contribution in [0, 0.1) is 0 Å². The van der Waals surface area contributed by atoms with Gasteiger partial charge in [-0.25, -0.2) is 4.79 Å². The molecule has 0 atom stereocenters. The molecule has 1 aromatic heterocycles. The third kappa shape index (κ3) is 5.91. The van der Waals surface area contributed by atoms with Crippen molar-refractivity contribution >= 4 is 22.7 Å². The normalized spacial score (nSPS) is 11.5. The Balaban J connectivity index is 1.65. The molecule has 196 valence electrons. The number of halogens is 3. The number of hydrogen-bond acceptors (Lipinski definition) is 5. The van der Waals surface area contributed by atoms with Gasteiger partial charge in [-0.2, -0.15) is 13.2 Å². The van der Waals surface area contributed by atoms with Crippen molar-refractivity contribution in [2.24, 2.45) is 0 Å². The Kier molecular flexibility index (Phi) is 7.61. The minimum absolute atomic E-state index is 0.0521. The first kappa shape index (κ1) is 26.6. The molecule has 0 bridgehead atoms. The molecular formula is C28H23F3N2O5. The highest BCUT2D eigenvalue weighted by molar-refractivity contribution is 5.97. The standard InChI is InChI=1S/C28H23F3N2O5/c1-18(34)38-17-25(35)21-11-9-20(10-12-21)16-33-24-8-3-2-7-23(24)26(36)32(27(33)37)14-13-19-5-4-6-22(15-19)28(29,30)31/h2-12,15H,13-14,16-17H2,1H3. The Labute approximate surface area is 214 Å². The number of para-hydroxylation sites is 1. The second-order valence-corrected chi connectivity index (χ2v) is 8.69. The molecule has 38 heavy (non-hydrogen) atoms. The zero-order valence-corrected chi connectivity index (χ0v) is 20.3. The van der Waals surface area contributed by atoms with Crippen molar-refractivity contribution < 1.29 is 27.5 Å². The molecule has 0 aliphatic carbocycles. The first-order valence-corrected chi connectivity index (χ1v) is 11.7. The number of carbonyl (C=O) groups excluding carboxylic acids is 2. The second-order valence-electron chi connectivity index (χ2n) is 8.69. The molecule has 10 heteroatoms. The van der Waals surface area contributed by atoms with Crippen LogP contribution >= 0.6 is 0 Å². The highest BCUT2D eigenvalue weighted by Crippen LogP contribution is 2.29. The number of nitrogens with zero attached hydrogens (tertiary/aromatic N) is 2. The van der Waals surface area contributed by atoms with E-state index < -0.39 is 29.0 Å². The maximum absolute atomic E-state index is 13.4. The predicted octanol–water partition coefficient (Wildman–Crippen LogP) is 4.22. The quantitative estimate of drug-likeness (QED) is 0.255. The van der Waals surface area contributed by atoms with Crippen LogP contribution in [0.25, 0.3) is 10.9 Å². The molecular weight excluding hydrogens is 501 g/mol. The van der Waals surface area contributed by atoms with Crippen molar-refractivity contribution in [2.75, 3.05) is 6.61 Å². The summed E-state index contributed by atoms with van der Waals surface area (Å²) in [6.07, 6.45) is -4.44. The van der Waals surface area contributed by atoms with E-state index in [2.05, 4.69) is 0 Å². The van der Waals surface area contributed by atoms with E-state index >= 15 is 0 Å². The van der Waals surface area contributed by atoms with Crippen molar-refractivity contribution in [3.63, 3.8) is 0 Å². The van der Waals surface area contributed by atoms with E-state index in [4.69, 9.17) is 4.74 Å². The number of carbonyl (C=O) groups is 2. The van der Waals surface area contributed by atoms with Gasteiger partial charge in [-0.3, -0.25) is 23.5 Å². The van der Waals surface area contributed by atoms with Crippen molar-refractivity contribution in [3.05, 3.63) is 116 Å². The van der Waals surface area contributed by atoms with E-state index in [9.17, 15) is 32.3 Å². The van der Waals surface area contributed by atoms with Gasteiger partial charge in [0.1, 0.15) is 0 Å². The first-order chi connectivity index (χ1) is 18.0. The Morgan fingerprint density at radius 3 is 2.26 bits per heavy atom. The van der Waals surface area contributed by atoms with Crippen LogP contribution in [0.1, 0.15) is 34.0 Å². The highest BCUT2D eigenvalue weighted by atomic mass is 19.4. The Morgan fingerprint density at radius 2 is 1.58 bits per heavy atom. The molecule has 0 amide bonds. The molecule has 0 saturated heterocycles. The van der Waals surface area contributed by atoms with Gasteiger partial charge < -0.3 is 4.74 Å². The lowest BCUT2D eigenvalue weighted by molar-refractivity contribution is -0.140. The van der Waals surface area contributed by atoms with Crippen molar-refractivity contribution in [3.8, 4) is 0 Å². The Bertz CT molecular complexity index is 1620. The van der Waals surface area contributed by atoms with Gasteiger partial charge in [-0.05, 0) is 35.7 Å². The van der Waals surface area contributed by atoms with Crippen LogP contribution in [0.2, 0.25) is 0 Å². The van der Waals surface area contributed by atoms with Gasteiger partial charge >= 0.3 is 17.8 Å². The topological polar surface area (TPSA) is 87.4 Å². The third-order valence-corrected chi connectivity index (χ3v) is 6.03. The number of aryl methyl sites for hydroxylation is 1. The van der Waals surface area contributed by atoms with E-state index in [1.54, 1.807) is 48.5 Å². The summed E-state index contributed by atoms with van der Waals surface area (Å²) in [6, 6.07) is 17.8. The van der Waals surface area contributed by atoms with Gasteiger partial charge in [0.25, 0.3) is 5.56 Å². The minimum Gasteiger partial charge on any atom is -0.457 e. The number of benzene rings is 3. The van der Waals surface area contributed by atoms with Gasteiger partial charge in [0.15, 0.2) is 12.4 Å². The zero-order valence-electron chi connectivity index (χ0n) is 20.3. The third-order valence-electron chi connectivity index (χ3n) is 6.03. The van der Waals surface area contributed by atoms with Crippen LogP contribution in [-0.2, 0) is 35.2 Å². The number of Topliss-reactive ketones (excluding diaryl/α,β-unsaturated/α-hetero) is 1. The van der Waals surface area contributed by atoms with Crippen molar-refractivity contribution in [1.82, 2.24) is 9.13 Å². The molecule has 0 aliphatic rings. The van der Waals surface area contributed by atoms with Crippen LogP contribution in [0.15, 0.2) is 82.4 Å². The summed E-state index contributed by atoms with van der Waals surface area (Å²) in [5.41, 5.74) is -0.167. The number of ether oxygens (including phenoxy) is 1. The molecule has 1 heterocycles. The number of rotatable bonds is 8. The molecule has 4 rings (SSSR count). The maximum Gasteiger partial charge on any atom is 0.416 e. The fraction of sp³-hybridized carbons (Fsp3) is 0.214. The zero-order chi connectivity index (χ0) is 27.4. The van der Waals surface area contributed by atoms with Crippen LogP contribution in [0.4, 0.5) is 13.2 Å². The van der Waals surface area contributed by atoms with Crippen molar-refractivity contribution in [2.45, 2.75) is 32.6 Å². The summed E-state index contributed by atoms with van der Waals surface area (Å²) >= 11 is 0. The van der Waals surface area contributed by atoms with E-state index in [0.717, 1.165) is 16.7 Å². The Morgan fingerprint density at radius 1 is 0.868 bits per heavy atom. The summed E-state index contributed by atoms with van der Waals surface area (Å²) in [5.74, 6) is -0.943. The van der Waals surface area contributed by atoms with Gasteiger partial charge in [0, 0.05) is 19.0 Å². The number of esters is 1. The van der Waals surface area contributed by atoms with E-state index in [1.807, 2.05) is 0 Å². The fourth-order valence-electron chi connectivity index (χ4n) is 4.09. The lowest BCUT2D eigenvalue weighted by atomic mass is 10.1. The summed E-state index contributed by atoms with van der Waals surface area (Å²) in [7, 11) is 0. The predicted molar refractivity (Wildman–Crippen MR) is 134 cm³/mol. The number of fused-ring (bicyclic) bond motifs is 1. The average Bonchev–Trinajstić information content (AvgIpc) is 2.89. The molecule has 0 spiro atoms. The monoisotopic (exact) mass is 524 g/mol. The number of aromatic nitrogens is 2. The molecule has 0 aliphatic heterocycles. The summed E-state index contributed by atoms with van der Waals surface area (Å²) in [5, 5.41) is 0.296. The average molecular weight is 524 g/mol. The van der Waals surface area contributed by atoms with Gasteiger partial charge in [0.2, 0.25) is 0 Å². The van der Waals surface area contributed by atoms with Gasteiger partial charge in [-0.15, -0.1) is 0 Å². The molecule has 0 saturated carbocycles. The molecule has 4 aromatic rings. The first-order valence-electron chi connectivity index (χ1n) is 11.7. The molecule has 0 fully saturated rings. The van der Waals surface area contributed by atoms with E-state index in [-0.39, 0.29) is 31.9 Å². The fourth-order valence-corrected chi connectivity index (χ4v) is 4.09. The molecule has 0 N–H and O–H groups in total. The maximum atomic E-state index is 13.4. The lowest BCUT2D eigenvalue weighted by Gasteiger charge is -2.15. The summed E-state index contributed by atoms with van der Waals surface area (Å²) in [6.45, 7) is 0.808. The molecule has 0 radical (unpaired) electrons. The molecule has 3 aromatic carbocycles. The minimum atomic E-state index is -4.50. The number of ketones is 1. The molecule has 0 unspecified atom stereocenters.